The van der Waals surface area contributed by atoms with Gasteiger partial charge in [-0.3, -0.25) is 0 Å². The van der Waals surface area contributed by atoms with E-state index in [0.29, 0.717) is 18.8 Å². The second kappa shape index (κ2) is 4.77. The molecule has 7 heteroatoms. The number of hydrogen-bond donors (Lipinski definition) is 1. The number of benzene rings is 1. The highest BCUT2D eigenvalue weighted by Crippen LogP contribution is 2.31. The molecular weight excluding hydrogens is 247 g/mol. The Morgan fingerprint density at radius 3 is 2.72 bits per heavy atom. The summed E-state index contributed by atoms with van der Waals surface area (Å²) in [6.45, 7) is 0.349. The van der Waals surface area contributed by atoms with Gasteiger partial charge in [-0.05, 0) is 24.7 Å². The van der Waals surface area contributed by atoms with E-state index in [1.54, 1.807) is 0 Å². The van der Waals surface area contributed by atoms with Gasteiger partial charge in [0, 0.05) is 12.0 Å². The Bertz CT molecular complexity index is 536. The van der Waals surface area contributed by atoms with Crippen LogP contribution in [0.3, 0.4) is 0 Å². The number of nitrogens with zero attached hydrogens (tertiary/aromatic N) is 2. The second-order valence-corrected chi connectivity index (χ2v) is 3.63. The van der Waals surface area contributed by atoms with Gasteiger partial charge < -0.3 is 10.3 Å². The Balaban J connectivity index is 2.32. The Morgan fingerprint density at radius 2 is 2.06 bits per heavy atom. The third-order valence-electron chi connectivity index (χ3n) is 2.27. The number of hydrogen-bond acceptors (Lipinski definition) is 4. The average Bonchev–Trinajstić information content (AvgIpc) is 2.77. The highest BCUT2D eigenvalue weighted by molar-refractivity contribution is 5.54. The maximum Gasteiger partial charge on any atom is 0.416 e. The zero-order valence-electron chi connectivity index (χ0n) is 9.24. The largest absolute Gasteiger partial charge is 0.416 e. The van der Waals surface area contributed by atoms with Crippen molar-refractivity contribution in [3.05, 3.63) is 35.7 Å². The molecule has 0 bridgehead atoms. The van der Waals surface area contributed by atoms with E-state index < -0.39 is 11.7 Å². The zero-order valence-corrected chi connectivity index (χ0v) is 9.24. The second-order valence-electron chi connectivity index (χ2n) is 3.63. The van der Waals surface area contributed by atoms with Gasteiger partial charge in [0.25, 0.3) is 5.89 Å². The van der Waals surface area contributed by atoms with Crippen molar-refractivity contribution in [2.24, 2.45) is 5.73 Å². The molecule has 18 heavy (non-hydrogen) atoms. The van der Waals surface area contributed by atoms with Gasteiger partial charge in [-0.15, -0.1) is 0 Å². The molecule has 0 saturated heterocycles. The molecule has 0 aliphatic carbocycles. The van der Waals surface area contributed by atoms with Crippen LogP contribution in [0, 0.1) is 0 Å². The summed E-state index contributed by atoms with van der Waals surface area (Å²) < 4.78 is 42.5. The summed E-state index contributed by atoms with van der Waals surface area (Å²) >= 11 is 0. The van der Waals surface area contributed by atoms with Crippen LogP contribution in [0.1, 0.15) is 11.4 Å². The predicted octanol–water partition coefficient (Wildman–Crippen LogP) is 2.26. The van der Waals surface area contributed by atoms with Crippen LogP contribution in [0.5, 0.6) is 0 Å². The van der Waals surface area contributed by atoms with Crippen LogP contribution >= 0.6 is 0 Å². The molecule has 96 valence electrons. The summed E-state index contributed by atoms with van der Waals surface area (Å²) in [6.07, 6.45) is -3.97. The maximum absolute atomic E-state index is 12.5. The van der Waals surface area contributed by atoms with E-state index in [4.69, 9.17) is 10.3 Å². The van der Waals surface area contributed by atoms with Crippen molar-refractivity contribution in [1.29, 1.82) is 0 Å². The molecule has 2 N–H and O–H groups in total. The maximum atomic E-state index is 12.5. The van der Waals surface area contributed by atoms with E-state index in [0.717, 1.165) is 12.1 Å². The first kappa shape index (κ1) is 12.6. The van der Waals surface area contributed by atoms with Crippen LogP contribution in [0.25, 0.3) is 11.5 Å². The molecule has 0 aliphatic heterocycles. The monoisotopic (exact) mass is 257 g/mol. The summed E-state index contributed by atoms with van der Waals surface area (Å²) in [4.78, 5) is 3.97. The van der Waals surface area contributed by atoms with E-state index in [9.17, 15) is 13.2 Å². The normalized spacial score (nSPS) is 11.8. The van der Waals surface area contributed by atoms with Crippen molar-refractivity contribution in [2.75, 3.05) is 6.54 Å². The molecule has 2 aromatic rings. The molecule has 0 radical (unpaired) electrons. The van der Waals surface area contributed by atoms with E-state index in [2.05, 4.69) is 10.1 Å². The van der Waals surface area contributed by atoms with Crippen LogP contribution in [0.15, 0.2) is 28.8 Å². The van der Waals surface area contributed by atoms with Gasteiger partial charge in [-0.2, -0.15) is 18.2 Å². The van der Waals surface area contributed by atoms with Gasteiger partial charge in [0.05, 0.1) is 5.56 Å². The van der Waals surface area contributed by atoms with Crippen molar-refractivity contribution >= 4 is 0 Å². The molecule has 1 heterocycles. The Kier molecular flexibility index (Phi) is 3.33. The first-order chi connectivity index (χ1) is 8.50. The summed E-state index contributed by atoms with van der Waals surface area (Å²) in [5, 5.41) is 3.63. The lowest BCUT2D eigenvalue weighted by Gasteiger charge is -2.06. The number of halogens is 3. The van der Waals surface area contributed by atoms with E-state index in [1.807, 2.05) is 0 Å². The standard InChI is InChI=1S/C11H10F3N3O/c12-11(13,14)8-3-1-2-7(6-8)10-16-9(4-5-15)17-18-10/h1-3,6H,4-5,15H2. The minimum absolute atomic E-state index is 0.0598. The highest BCUT2D eigenvalue weighted by Gasteiger charge is 2.30. The average molecular weight is 257 g/mol. The van der Waals surface area contributed by atoms with Crippen LogP contribution in [0.4, 0.5) is 13.2 Å². The van der Waals surface area contributed by atoms with Crippen molar-refractivity contribution in [1.82, 2.24) is 10.1 Å². The molecular formula is C11H10F3N3O. The van der Waals surface area contributed by atoms with Gasteiger partial charge in [0.15, 0.2) is 5.82 Å². The van der Waals surface area contributed by atoms with Crippen molar-refractivity contribution in [2.45, 2.75) is 12.6 Å². The number of alkyl halides is 3. The fourth-order valence-electron chi connectivity index (χ4n) is 1.43. The molecule has 0 spiro atoms. The number of nitrogens with two attached hydrogens (primary N) is 1. The fourth-order valence-corrected chi connectivity index (χ4v) is 1.43. The van der Waals surface area contributed by atoms with E-state index in [1.165, 1.54) is 12.1 Å². The summed E-state index contributed by atoms with van der Waals surface area (Å²) in [6, 6.07) is 4.74. The van der Waals surface area contributed by atoms with Crippen LogP contribution in [-0.2, 0) is 12.6 Å². The Morgan fingerprint density at radius 1 is 1.28 bits per heavy atom. The minimum Gasteiger partial charge on any atom is -0.334 e. The zero-order chi connectivity index (χ0) is 13.2. The topological polar surface area (TPSA) is 64.9 Å². The lowest BCUT2D eigenvalue weighted by Crippen LogP contribution is -2.04. The molecule has 0 saturated carbocycles. The quantitative estimate of drug-likeness (QED) is 0.915. The molecule has 0 amide bonds. The van der Waals surface area contributed by atoms with Gasteiger partial charge >= 0.3 is 6.18 Å². The summed E-state index contributed by atoms with van der Waals surface area (Å²) in [5.74, 6) is 0.439. The number of rotatable bonds is 3. The lowest BCUT2D eigenvalue weighted by molar-refractivity contribution is -0.137. The fraction of sp³-hybridized carbons (Fsp3) is 0.273. The first-order valence-electron chi connectivity index (χ1n) is 5.21. The van der Waals surface area contributed by atoms with E-state index >= 15 is 0 Å². The molecule has 0 atom stereocenters. The molecule has 0 unspecified atom stereocenters. The molecule has 2 rings (SSSR count). The summed E-state index contributed by atoms with van der Waals surface area (Å²) in [7, 11) is 0. The molecule has 1 aromatic heterocycles. The molecule has 4 nitrogen and oxygen atoms in total. The van der Waals surface area contributed by atoms with Crippen LogP contribution in [-0.4, -0.2) is 16.7 Å². The SMILES string of the molecule is NCCc1noc(-c2cccc(C(F)(F)F)c2)n1. The van der Waals surface area contributed by atoms with E-state index in [-0.39, 0.29) is 11.5 Å². The van der Waals surface area contributed by atoms with Gasteiger partial charge in [0.2, 0.25) is 0 Å². The van der Waals surface area contributed by atoms with Gasteiger partial charge in [-0.25, -0.2) is 0 Å². The summed E-state index contributed by atoms with van der Waals surface area (Å²) in [5.41, 5.74) is 4.80. The minimum atomic E-state index is -4.39. The third-order valence-corrected chi connectivity index (χ3v) is 2.27. The first-order valence-corrected chi connectivity index (χ1v) is 5.21. The molecule has 1 aromatic carbocycles. The predicted molar refractivity (Wildman–Crippen MR) is 57.5 cm³/mol. The Hall–Kier alpha value is -1.89. The number of aromatic nitrogens is 2. The van der Waals surface area contributed by atoms with Crippen LogP contribution < -0.4 is 5.73 Å². The van der Waals surface area contributed by atoms with Gasteiger partial charge in [0.1, 0.15) is 0 Å². The molecule has 0 aliphatic rings. The van der Waals surface area contributed by atoms with Crippen molar-refractivity contribution < 1.29 is 17.7 Å². The molecule has 0 fully saturated rings. The van der Waals surface area contributed by atoms with Crippen molar-refractivity contribution in [3.8, 4) is 11.5 Å². The third kappa shape index (κ3) is 2.67. The van der Waals surface area contributed by atoms with Crippen molar-refractivity contribution in [3.63, 3.8) is 0 Å². The lowest BCUT2D eigenvalue weighted by atomic mass is 10.1. The van der Waals surface area contributed by atoms with Gasteiger partial charge in [-0.1, -0.05) is 11.2 Å². The highest BCUT2D eigenvalue weighted by atomic mass is 19.4. The Labute approximate surface area is 101 Å². The smallest absolute Gasteiger partial charge is 0.334 e. The van der Waals surface area contributed by atoms with Crippen LogP contribution in [0.2, 0.25) is 0 Å².